The van der Waals surface area contributed by atoms with Gasteiger partial charge in [0.05, 0.1) is 23.1 Å². The Hall–Kier alpha value is -1.85. The number of aromatic nitrogens is 2. The van der Waals surface area contributed by atoms with E-state index in [4.69, 9.17) is 23.2 Å². The highest BCUT2D eigenvalue weighted by Gasteiger charge is 2.15. The molecule has 1 aliphatic rings. The standard InChI is InChI=1S/C15H14Cl2N4O/c16-10-3-4-11(17)12(7-10)20-15(22)13-8-19-14(9-18-13)21-5-1-2-6-21/h3-4,7-9H,1-2,5-6H2,(H,20,22). The van der Waals surface area contributed by atoms with E-state index in [2.05, 4.69) is 20.2 Å². The number of anilines is 2. The summed E-state index contributed by atoms with van der Waals surface area (Å²) in [6.45, 7) is 1.97. The van der Waals surface area contributed by atoms with Gasteiger partial charge in [0.1, 0.15) is 11.5 Å². The van der Waals surface area contributed by atoms with Gasteiger partial charge in [-0.3, -0.25) is 4.79 Å². The van der Waals surface area contributed by atoms with Crippen LogP contribution in [0.2, 0.25) is 10.0 Å². The normalized spacial score (nSPS) is 14.2. The first kappa shape index (κ1) is 15.1. The van der Waals surface area contributed by atoms with Gasteiger partial charge in [-0.15, -0.1) is 0 Å². The van der Waals surface area contributed by atoms with Crippen molar-refractivity contribution >= 4 is 40.6 Å². The predicted octanol–water partition coefficient (Wildman–Crippen LogP) is 3.64. The molecule has 114 valence electrons. The number of benzene rings is 1. The van der Waals surface area contributed by atoms with Gasteiger partial charge in [0.15, 0.2) is 0 Å². The second kappa shape index (κ2) is 6.50. The molecule has 0 bridgehead atoms. The molecule has 0 atom stereocenters. The lowest BCUT2D eigenvalue weighted by atomic mass is 10.3. The highest BCUT2D eigenvalue weighted by Crippen LogP contribution is 2.25. The molecule has 0 aliphatic carbocycles. The summed E-state index contributed by atoms with van der Waals surface area (Å²) >= 11 is 11.9. The SMILES string of the molecule is O=C(Nc1cc(Cl)ccc1Cl)c1cnc(N2CCCC2)cn1. The molecule has 5 nitrogen and oxygen atoms in total. The molecule has 1 fully saturated rings. The first-order valence-electron chi connectivity index (χ1n) is 6.97. The zero-order chi connectivity index (χ0) is 15.5. The summed E-state index contributed by atoms with van der Waals surface area (Å²) in [5, 5.41) is 3.60. The van der Waals surface area contributed by atoms with Crippen LogP contribution >= 0.6 is 23.2 Å². The number of carbonyl (C=O) groups excluding carboxylic acids is 1. The molecular formula is C15H14Cl2N4O. The second-order valence-electron chi connectivity index (χ2n) is 5.03. The van der Waals surface area contributed by atoms with Crippen LogP contribution in [0.1, 0.15) is 23.3 Å². The predicted molar refractivity (Wildman–Crippen MR) is 87.9 cm³/mol. The van der Waals surface area contributed by atoms with E-state index >= 15 is 0 Å². The Bertz CT molecular complexity index is 684. The van der Waals surface area contributed by atoms with Crippen molar-refractivity contribution < 1.29 is 4.79 Å². The maximum Gasteiger partial charge on any atom is 0.275 e. The highest BCUT2D eigenvalue weighted by atomic mass is 35.5. The molecule has 3 rings (SSSR count). The summed E-state index contributed by atoms with van der Waals surface area (Å²) in [5.41, 5.74) is 0.684. The molecule has 2 heterocycles. The van der Waals surface area contributed by atoms with Crippen LogP contribution in [0, 0.1) is 0 Å². The summed E-state index contributed by atoms with van der Waals surface area (Å²) in [4.78, 5) is 22.8. The van der Waals surface area contributed by atoms with Gasteiger partial charge < -0.3 is 10.2 Å². The molecule has 22 heavy (non-hydrogen) atoms. The lowest BCUT2D eigenvalue weighted by Gasteiger charge is -2.15. The maximum atomic E-state index is 12.2. The Morgan fingerprint density at radius 1 is 1.14 bits per heavy atom. The second-order valence-corrected chi connectivity index (χ2v) is 5.88. The highest BCUT2D eigenvalue weighted by molar-refractivity contribution is 6.35. The van der Waals surface area contributed by atoms with E-state index in [1.54, 1.807) is 24.4 Å². The van der Waals surface area contributed by atoms with E-state index in [1.807, 2.05) is 0 Å². The zero-order valence-corrected chi connectivity index (χ0v) is 13.2. The molecule has 2 aromatic rings. The van der Waals surface area contributed by atoms with Crippen LogP contribution in [0.15, 0.2) is 30.6 Å². The minimum absolute atomic E-state index is 0.235. The van der Waals surface area contributed by atoms with Crippen molar-refractivity contribution in [3.8, 4) is 0 Å². The van der Waals surface area contributed by atoms with Crippen LogP contribution in [-0.4, -0.2) is 29.0 Å². The summed E-state index contributed by atoms with van der Waals surface area (Å²) in [6.07, 6.45) is 5.43. The third kappa shape index (κ3) is 3.31. The van der Waals surface area contributed by atoms with Crippen molar-refractivity contribution in [2.75, 3.05) is 23.3 Å². The average Bonchev–Trinajstić information content (AvgIpc) is 3.05. The topological polar surface area (TPSA) is 58.1 Å². The fraction of sp³-hybridized carbons (Fsp3) is 0.267. The van der Waals surface area contributed by atoms with E-state index in [-0.39, 0.29) is 11.6 Å². The molecule has 1 aliphatic heterocycles. The first-order valence-corrected chi connectivity index (χ1v) is 7.72. The Balaban J connectivity index is 1.73. The molecule has 0 spiro atoms. The molecule has 7 heteroatoms. The number of amides is 1. The summed E-state index contributed by atoms with van der Waals surface area (Å²) < 4.78 is 0. The number of hydrogen-bond donors (Lipinski definition) is 1. The molecular weight excluding hydrogens is 323 g/mol. The monoisotopic (exact) mass is 336 g/mol. The number of hydrogen-bond acceptors (Lipinski definition) is 4. The third-order valence-corrected chi connectivity index (χ3v) is 4.04. The van der Waals surface area contributed by atoms with Gasteiger partial charge in [-0.05, 0) is 31.0 Å². The largest absolute Gasteiger partial charge is 0.355 e. The Morgan fingerprint density at radius 2 is 1.91 bits per heavy atom. The summed E-state index contributed by atoms with van der Waals surface area (Å²) in [5.74, 6) is 0.430. The van der Waals surface area contributed by atoms with Gasteiger partial charge in [0, 0.05) is 18.1 Å². The molecule has 0 radical (unpaired) electrons. The quantitative estimate of drug-likeness (QED) is 0.929. The van der Waals surface area contributed by atoms with E-state index in [0.29, 0.717) is 15.7 Å². The fourth-order valence-corrected chi connectivity index (χ4v) is 2.66. The van der Waals surface area contributed by atoms with Crippen LogP contribution in [0.3, 0.4) is 0 Å². The first-order chi connectivity index (χ1) is 10.6. The number of nitrogens with zero attached hydrogens (tertiary/aromatic N) is 3. The molecule has 1 N–H and O–H groups in total. The minimum Gasteiger partial charge on any atom is -0.355 e. The van der Waals surface area contributed by atoms with E-state index in [9.17, 15) is 4.79 Å². The summed E-state index contributed by atoms with van der Waals surface area (Å²) in [6, 6.07) is 4.87. The van der Waals surface area contributed by atoms with Gasteiger partial charge in [-0.25, -0.2) is 9.97 Å². The van der Waals surface area contributed by atoms with Crippen molar-refractivity contribution in [2.45, 2.75) is 12.8 Å². The van der Waals surface area contributed by atoms with E-state index < -0.39 is 0 Å². The molecule has 1 aromatic carbocycles. The van der Waals surface area contributed by atoms with Crippen molar-refractivity contribution in [2.24, 2.45) is 0 Å². The Labute approximate surface area is 138 Å². The number of nitrogens with one attached hydrogen (secondary N) is 1. The van der Waals surface area contributed by atoms with Crippen molar-refractivity contribution in [1.82, 2.24) is 9.97 Å². The van der Waals surface area contributed by atoms with Crippen molar-refractivity contribution in [3.05, 3.63) is 46.3 Å². The summed E-state index contributed by atoms with van der Waals surface area (Å²) in [7, 11) is 0. The molecule has 0 saturated carbocycles. The van der Waals surface area contributed by atoms with Crippen LogP contribution in [0.25, 0.3) is 0 Å². The minimum atomic E-state index is -0.371. The van der Waals surface area contributed by atoms with Crippen molar-refractivity contribution in [3.63, 3.8) is 0 Å². The molecule has 1 aromatic heterocycles. The fourth-order valence-electron chi connectivity index (χ4n) is 2.33. The maximum absolute atomic E-state index is 12.2. The average molecular weight is 337 g/mol. The van der Waals surface area contributed by atoms with Crippen LogP contribution < -0.4 is 10.2 Å². The third-order valence-electron chi connectivity index (χ3n) is 3.48. The molecule has 0 unspecified atom stereocenters. The van der Waals surface area contributed by atoms with E-state index in [0.717, 1.165) is 31.7 Å². The van der Waals surface area contributed by atoms with Crippen LogP contribution in [-0.2, 0) is 0 Å². The van der Waals surface area contributed by atoms with Crippen LogP contribution in [0.5, 0.6) is 0 Å². The molecule has 1 amide bonds. The van der Waals surface area contributed by atoms with Gasteiger partial charge in [-0.2, -0.15) is 0 Å². The van der Waals surface area contributed by atoms with Crippen LogP contribution in [0.4, 0.5) is 11.5 Å². The van der Waals surface area contributed by atoms with Crippen molar-refractivity contribution in [1.29, 1.82) is 0 Å². The smallest absolute Gasteiger partial charge is 0.275 e. The number of halogens is 2. The van der Waals surface area contributed by atoms with Gasteiger partial charge in [0.25, 0.3) is 5.91 Å². The lowest BCUT2D eigenvalue weighted by molar-refractivity contribution is 0.102. The van der Waals surface area contributed by atoms with Gasteiger partial charge in [-0.1, -0.05) is 23.2 Å². The Morgan fingerprint density at radius 3 is 2.59 bits per heavy atom. The zero-order valence-electron chi connectivity index (χ0n) is 11.7. The Kier molecular flexibility index (Phi) is 4.45. The van der Waals surface area contributed by atoms with Gasteiger partial charge >= 0.3 is 0 Å². The van der Waals surface area contributed by atoms with Gasteiger partial charge in [0.2, 0.25) is 0 Å². The number of rotatable bonds is 3. The molecule has 1 saturated heterocycles. The number of carbonyl (C=O) groups is 1. The lowest BCUT2D eigenvalue weighted by Crippen LogP contribution is -2.20. The van der Waals surface area contributed by atoms with E-state index in [1.165, 1.54) is 6.20 Å².